The molecule has 3 aromatic rings. The molecule has 0 fully saturated rings. The van der Waals surface area contributed by atoms with E-state index in [1.807, 2.05) is 0 Å². The zero-order valence-electron chi connectivity index (χ0n) is 17.4. The number of aromatic nitrogens is 2. The van der Waals surface area contributed by atoms with Crippen molar-refractivity contribution in [1.82, 2.24) is 14.5 Å². The van der Waals surface area contributed by atoms with Gasteiger partial charge in [0.05, 0.1) is 22.0 Å². The minimum Gasteiger partial charge on any atom is -0.415 e. The van der Waals surface area contributed by atoms with Gasteiger partial charge in [0.25, 0.3) is 5.89 Å². The third-order valence-corrected chi connectivity index (χ3v) is 7.66. The third-order valence-electron chi connectivity index (χ3n) is 4.70. The molecule has 0 saturated carbocycles. The molecule has 1 aliphatic heterocycles. The first kappa shape index (κ1) is 24.8. The number of nitrogens with one attached hydrogen (secondary N) is 1. The summed E-state index contributed by atoms with van der Waals surface area (Å²) in [6.45, 7) is -0.491. The van der Waals surface area contributed by atoms with Crippen LogP contribution in [0.5, 0.6) is 0 Å². The molecule has 1 aliphatic rings. The molecule has 2 aromatic carbocycles. The lowest BCUT2D eigenvalue weighted by Gasteiger charge is -2.30. The Kier molecular flexibility index (Phi) is 6.62. The predicted octanol–water partition coefficient (Wildman–Crippen LogP) is 5.02. The van der Waals surface area contributed by atoms with Crippen LogP contribution in [-0.2, 0) is 26.5 Å². The summed E-state index contributed by atoms with van der Waals surface area (Å²) in [5, 5.41) is 8.73. The van der Waals surface area contributed by atoms with Gasteiger partial charge in [-0.05, 0) is 30.3 Å². The highest BCUT2D eigenvalue weighted by molar-refractivity contribution is 7.98. The SMILES string of the molecule is N=S1(=O)C=CN(S(=O)(=O)N(Cc2ccc(-c3nnc(C(F)F)o3)cc2F)c2cccc(Cl)c2)C=C1. The van der Waals surface area contributed by atoms with Crippen LogP contribution in [0.15, 0.2) is 70.1 Å². The van der Waals surface area contributed by atoms with Crippen LogP contribution in [0.1, 0.15) is 17.9 Å². The molecule has 0 saturated heterocycles. The average molecular weight is 546 g/mol. The first-order valence-corrected chi connectivity index (χ1v) is 13.0. The van der Waals surface area contributed by atoms with Crippen LogP contribution in [-0.4, -0.2) is 27.1 Å². The van der Waals surface area contributed by atoms with Crippen LogP contribution in [0, 0.1) is 10.6 Å². The summed E-state index contributed by atoms with van der Waals surface area (Å²) in [5.74, 6) is -2.10. The first-order valence-electron chi connectivity index (χ1n) is 9.59. The number of benzene rings is 2. The van der Waals surface area contributed by atoms with Crippen molar-refractivity contribution >= 4 is 37.2 Å². The van der Waals surface area contributed by atoms with Crippen molar-refractivity contribution in [3.8, 4) is 11.5 Å². The second-order valence-electron chi connectivity index (χ2n) is 7.09. The van der Waals surface area contributed by atoms with Gasteiger partial charge in [-0.2, -0.15) is 17.2 Å². The van der Waals surface area contributed by atoms with Crippen molar-refractivity contribution in [2.75, 3.05) is 4.31 Å². The van der Waals surface area contributed by atoms with E-state index in [0.717, 1.165) is 37.9 Å². The number of hydrogen-bond donors (Lipinski definition) is 1. The highest BCUT2D eigenvalue weighted by Crippen LogP contribution is 2.30. The average Bonchev–Trinajstić information content (AvgIpc) is 3.28. The number of nitrogens with zero attached hydrogens (tertiary/aromatic N) is 4. The first-order chi connectivity index (χ1) is 16.5. The van der Waals surface area contributed by atoms with Gasteiger partial charge in [-0.15, -0.1) is 10.2 Å². The maximum Gasteiger partial charge on any atom is 0.330 e. The summed E-state index contributed by atoms with van der Waals surface area (Å²) in [4.78, 5) is 0. The van der Waals surface area contributed by atoms with Gasteiger partial charge in [-0.25, -0.2) is 22.0 Å². The monoisotopic (exact) mass is 545 g/mol. The van der Waals surface area contributed by atoms with Gasteiger partial charge in [0, 0.05) is 39.4 Å². The van der Waals surface area contributed by atoms with E-state index in [2.05, 4.69) is 10.2 Å². The van der Waals surface area contributed by atoms with Crippen LogP contribution in [0.4, 0.5) is 18.9 Å². The van der Waals surface area contributed by atoms with Crippen LogP contribution in [0.25, 0.3) is 11.5 Å². The molecule has 0 aliphatic carbocycles. The van der Waals surface area contributed by atoms with Crippen LogP contribution in [0.3, 0.4) is 0 Å². The van der Waals surface area contributed by atoms with E-state index in [1.165, 1.54) is 36.4 Å². The van der Waals surface area contributed by atoms with Gasteiger partial charge in [0.2, 0.25) is 5.89 Å². The molecule has 0 atom stereocenters. The zero-order valence-corrected chi connectivity index (χ0v) is 19.8. The Morgan fingerprint density at radius 3 is 2.46 bits per heavy atom. The molecule has 15 heteroatoms. The molecule has 1 aromatic heterocycles. The summed E-state index contributed by atoms with van der Waals surface area (Å²) < 4.78 is 93.0. The van der Waals surface area contributed by atoms with E-state index in [-0.39, 0.29) is 27.7 Å². The molecule has 0 bridgehead atoms. The quantitative estimate of drug-likeness (QED) is 0.445. The molecule has 4 rings (SSSR count). The highest BCUT2D eigenvalue weighted by atomic mass is 35.5. The Morgan fingerprint density at radius 2 is 1.86 bits per heavy atom. The molecular weight excluding hydrogens is 531 g/mol. The molecule has 184 valence electrons. The van der Waals surface area contributed by atoms with Crippen molar-refractivity contribution in [3.05, 3.63) is 88.0 Å². The molecule has 0 amide bonds. The summed E-state index contributed by atoms with van der Waals surface area (Å²) in [7, 11) is -7.60. The molecule has 2 heterocycles. The topological polar surface area (TPSA) is 120 Å². The van der Waals surface area contributed by atoms with Gasteiger partial charge >= 0.3 is 16.6 Å². The summed E-state index contributed by atoms with van der Waals surface area (Å²) in [6, 6.07) is 9.37. The fourth-order valence-corrected chi connectivity index (χ4v) is 5.40. The fourth-order valence-electron chi connectivity index (χ4n) is 3.00. The molecule has 35 heavy (non-hydrogen) atoms. The van der Waals surface area contributed by atoms with Crippen LogP contribution < -0.4 is 4.31 Å². The van der Waals surface area contributed by atoms with Crippen molar-refractivity contribution in [2.45, 2.75) is 13.0 Å². The Bertz CT molecular complexity index is 1520. The van der Waals surface area contributed by atoms with Gasteiger partial charge in [0.1, 0.15) is 5.82 Å². The molecule has 1 N–H and O–H groups in total. The molecule has 0 spiro atoms. The molecule has 0 radical (unpaired) electrons. The van der Waals surface area contributed by atoms with Crippen molar-refractivity contribution < 1.29 is 30.2 Å². The van der Waals surface area contributed by atoms with Crippen molar-refractivity contribution in [2.24, 2.45) is 0 Å². The summed E-state index contributed by atoms with van der Waals surface area (Å²) >= 11 is 6.03. The van der Waals surface area contributed by atoms with Crippen LogP contribution in [0.2, 0.25) is 5.02 Å². The van der Waals surface area contributed by atoms with Gasteiger partial charge in [-0.3, -0.25) is 0 Å². The van der Waals surface area contributed by atoms with E-state index >= 15 is 0 Å². The minimum absolute atomic E-state index is 0.0231. The lowest BCUT2D eigenvalue weighted by atomic mass is 10.1. The number of alkyl halides is 2. The largest absolute Gasteiger partial charge is 0.415 e. The maximum atomic E-state index is 15.0. The van der Waals surface area contributed by atoms with Crippen molar-refractivity contribution in [3.63, 3.8) is 0 Å². The van der Waals surface area contributed by atoms with E-state index < -0.39 is 44.6 Å². The number of rotatable bonds is 7. The van der Waals surface area contributed by atoms with E-state index in [0.29, 0.717) is 0 Å². The van der Waals surface area contributed by atoms with Crippen molar-refractivity contribution in [1.29, 1.82) is 4.78 Å². The molecule has 9 nitrogen and oxygen atoms in total. The standard InChI is InChI=1S/C20H15ClF3N5O4S2/c21-15-2-1-3-16(11-15)29(35(31,32)28-6-8-34(25,30)9-7-28)12-14-5-4-13(10-17(14)22)19-26-27-20(33-19)18(23)24/h1-11,18,25H,12H2. The minimum atomic E-state index is -4.39. The lowest BCUT2D eigenvalue weighted by Crippen LogP contribution is -2.39. The number of hydrogen-bond acceptors (Lipinski definition) is 7. The number of anilines is 1. The Labute approximate surface area is 203 Å². The molecule has 0 unspecified atom stereocenters. The zero-order chi connectivity index (χ0) is 25.4. The smallest absolute Gasteiger partial charge is 0.330 e. The summed E-state index contributed by atoms with van der Waals surface area (Å²) in [6.07, 6.45) is -1.05. The fraction of sp³-hybridized carbons (Fsp3) is 0.100. The predicted molar refractivity (Wildman–Crippen MR) is 122 cm³/mol. The van der Waals surface area contributed by atoms with E-state index in [1.54, 1.807) is 0 Å². The lowest BCUT2D eigenvalue weighted by molar-refractivity contribution is 0.116. The third kappa shape index (κ3) is 5.33. The Morgan fingerprint density at radius 1 is 1.14 bits per heavy atom. The number of halogens is 4. The summed E-state index contributed by atoms with van der Waals surface area (Å²) in [5.41, 5.74) is 0.0634. The molecular formula is C20H15ClF3N5O4S2. The highest BCUT2D eigenvalue weighted by Gasteiger charge is 2.30. The van der Waals surface area contributed by atoms with E-state index in [4.69, 9.17) is 20.8 Å². The Hall–Kier alpha value is -3.36. The van der Waals surface area contributed by atoms with Gasteiger partial charge in [0.15, 0.2) is 0 Å². The normalized spacial score (nSPS) is 15.1. The van der Waals surface area contributed by atoms with Crippen LogP contribution >= 0.6 is 11.6 Å². The van der Waals surface area contributed by atoms with Gasteiger partial charge < -0.3 is 4.42 Å². The van der Waals surface area contributed by atoms with E-state index in [9.17, 15) is 25.8 Å². The van der Waals surface area contributed by atoms with Gasteiger partial charge in [-0.1, -0.05) is 23.7 Å². The maximum absolute atomic E-state index is 15.0. The second kappa shape index (κ2) is 9.36. The second-order valence-corrected chi connectivity index (χ2v) is 11.1. The Balaban J connectivity index is 1.70.